The standard InChI is InChI=1S/C25H28N2O5/c1-4-32-15-7-13-27-24(28)22(18-10-11-20(30-2)21(16-18)31-3)23(25(27)29)26-14-12-17-8-5-6-9-19(17)26/h5-6,8-11,16H,4,7,12-15H2,1-3H3. The number of carbonyl (C=O) groups is 2. The highest BCUT2D eigenvalue weighted by molar-refractivity contribution is 6.36. The zero-order valence-electron chi connectivity index (χ0n) is 18.7. The summed E-state index contributed by atoms with van der Waals surface area (Å²) in [6.07, 6.45) is 1.42. The Bertz CT molecular complexity index is 1060. The van der Waals surface area contributed by atoms with Gasteiger partial charge in [-0.25, -0.2) is 0 Å². The van der Waals surface area contributed by atoms with Crippen LogP contribution in [0.1, 0.15) is 24.5 Å². The van der Waals surface area contributed by atoms with Gasteiger partial charge in [0.15, 0.2) is 11.5 Å². The minimum absolute atomic E-state index is 0.270. The maximum absolute atomic E-state index is 13.5. The Labute approximate surface area is 188 Å². The quantitative estimate of drug-likeness (QED) is 0.444. The number of methoxy groups -OCH3 is 2. The molecule has 0 fully saturated rings. The van der Waals surface area contributed by atoms with Crippen LogP contribution in [0.4, 0.5) is 5.69 Å². The average molecular weight is 437 g/mol. The van der Waals surface area contributed by atoms with Gasteiger partial charge in [0.25, 0.3) is 11.8 Å². The molecule has 2 aromatic rings. The van der Waals surface area contributed by atoms with Crippen LogP contribution < -0.4 is 14.4 Å². The van der Waals surface area contributed by atoms with Crippen LogP contribution in [0.25, 0.3) is 5.57 Å². The number of ether oxygens (including phenoxy) is 3. The predicted molar refractivity (Wildman–Crippen MR) is 122 cm³/mol. The molecular weight excluding hydrogens is 408 g/mol. The molecule has 7 heteroatoms. The number of hydrogen-bond acceptors (Lipinski definition) is 6. The van der Waals surface area contributed by atoms with Gasteiger partial charge in [-0.15, -0.1) is 0 Å². The molecule has 0 spiro atoms. The van der Waals surface area contributed by atoms with E-state index in [1.54, 1.807) is 32.4 Å². The maximum Gasteiger partial charge on any atom is 0.278 e. The molecule has 0 aliphatic carbocycles. The summed E-state index contributed by atoms with van der Waals surface area (Å²) in [5.74, 6) is 0.509. The molecule has 0 saturated heterocycles. The number of amides is 2. The third kappa shape index (κ3) is 3.84. The van der Waals surface area contributed by atoms with Crippen molar-refractivity contribution in [1.82, 2.24) is 4.90 Å². The van der Waals surface area contributed by atoms with Crippen LogP contribution in [0, 0.1) is 0 Å². The number of imide groups is 1. The van der Waals surface area contributed by atoms with E-state index in [1.165, 1.54) is 10.5 Å². The topological polar surface area (TPSA) is 68.3 Å². The number of para-hydroxylation sites is 1. The lowest BCUT2D eigenvalue weighted by Crippen LogP contribution is -2.36. The smallest absolute Gasteiger partial charge is 0.278 e. The van der Waals surface area contributed by atoms with Crippen LogP contribution in [0.2, 0.25) is 0 Å². The Kier molecular flexibility index (Phi) is 6.46. The number of anilines is 1. The van der Waals surface area contributed by atoms with Crippen molar-refractivity contribution in [2.75, 3.05) is 45.4 Å². The van der Waals surface area contributed by atoms with E-state index in [9.17, 15) is 9.59 Å². The fourth-order valence-electron chi connectivity index (χ4n) is 4.31. The maximum atomic E-state index is 13.5. The molecule has 0 atom stereocenters. The summed E-state index contributed by atoms with van der Waals surface area (Å²) < 4.78 is 16.2. The van der Waals surface area contributed by atoms with Gasteiger partial charge in [-0.1, -0.05) is 24.3 Å². The molecule has 0 bridgehead atoms. The van der Waals surface area contributed by atoms with Crippen molar-refractivity contribution < 1.29 is 23.8 Å². The highest BCUT2D eigenvalue weighted by Gasteiger charge is 2.43. The molecule has 0 N–H and O–H groups in total. The Morgan fingerprint density at radius 1 is 0.969 bits per heavy atom. The Hall–Kier alpha value is -3.32. The summed E-state index contributed by atoms with van der Waals surface area (Å²) in [5.41, 5.74) is 3.58. The first kappa shape index (κ1) is 21.9. The summed E-state index contributed by atoms with van der Waals surface area (Å²) in [7, 11) is 3.11. The molecular formula is C25H28N2O5. The average Bonchev–Trinajstić information content (AvgIpc) is 3.34. The van der Waals surface area contributed by atoms with Crippen LogP contribution in [-0.4, -0.2) is 57.2 Å². The summed E-state index contributed by atoms with van der Waals surface area (Å²) in [6, 6.07) is 13.3. The summed E-state index contributed by atoms with van der Waals surface area (Å²) in [5, 5.41) is 0. The number of fused-ring (bicyclic) bond motifs is 1. The second-order valence-corrected chi connectivity index (χ2v) is 7.64. The molecule has 168 valence electrons. The molecule has 2 aliphatic rings. The van der Waals surface area contributed by atoms with E-state index in [-0.39, 0.29) is 11.8 Å². The SMILES string of the molecule is CCOCCCN1C(=O)C(c2ccc(OC)c(OC)c2)=C(N2CCc3ccccc32)C1=O. The summed E-state index contributed by atoms with van der Waals surface area (Å²) in [6.45, 7) is 3.99. The van der Waals surface area contributed by atoms with Crippen molar-refractivity contribution in [3.63, 3.8) is 0 Å². The molecule has 0 aromatic heterocycles. The monoisotopic (exact) mass is 436 g/mol. The lowest BCUT2D eigenvalue weighted by atomic mass is 10.0. The van der Waals surface area contributed by atoms with Crippen molar-refractivity contribution >= 4 is 23.1 Å². The van der Waals surface area contributed by atoms with Gasteiger partial charge >= 0.3 is 0 Å². The first-order valence-electron chi connectivity index (χ1n) is 10.9. The van der Waals surface area contributed by atoms with E-state index < -0.39 is 0 Å². The lowest BCUT2D eigenvalue weighted by molar-refractivity contribution is -0.137. The Morgan fingerprint density at radius 2 is 1.75 bits per heavy atom. The van der Waals surface area contributed by atoms with Crippen molar-refractivity contribution in [1.29, 1.82) is 0 Å². The normalized spacial score (nSPS) is 15.6. The fourth-order valence-corrected chi connectivity index (χ4v) is 4.31. The second kappa shape index (κ2) is 9.44. The minimum atomic E-state index is -0.293. The number of hydrogen-bond donors (Lipinski definition) is 0. The van der Waals surface area contributed by atoms with Crippen LogP contribution >= 0.6 is 0 Å². The van der Waals surface area contributed by atoms with Gasteiger partial charge in [-0.2, -0.15) is 0 Å². The largest absolute Gasteiger partial charge is 0.493 e. The third-order valence-corrected chi connectivity index (χ3v) is 5.85. The molecule has 7 nitrogen and oxygen atoms in total. The van der Waals surface area contributed by atoms with E-state index in [2.05, 4.69) is 6.07 Å². The Morgan fingerprint density at radius 3 is 2.50 bits per heavy atom. The van der Waals surface area contributed by atoms with Gasteiger partial charge in [0.2, 0.25) is 0 Å². The molecule has 32 heavy (non-hydrogen) atoms. The van der Waals surface area contributed by atoms with Crippen LogP contribution in [-0.2, 0) is 20.7 Å². The van der Waals surface area contributed by atoms with E-state index in [0.717, 1.165) is 12.1 Å². The third-order valence-electron chi connectivity index (χ3n) is 5.85. The van der Waals surface area contributed by atoms with E-state index in [1.807, 2.05) is 30.0 Å². The lowest BCUT2D eigenvalue weighted by Gasteiger charge is -2.22. The van der Waals surface area contributed by atoms with E-state index >= 15 is 0 Å². The first-order chi connectivity index (χ1) is 15.6. The number of rotatable bonds is 9. The molecule has 2 aliphatic heterocycles. The van der Waals surface area contributed by atoms with Crippen molar-refractivity contribution in [2.45, 2.75) is 19.8 Å². The first-order valence-corrected chi connectivity index (χ1v) is 10.9. The van der Waals surface area contributed by atoms with Gasteiger partial charge in [0.05, 0.1) is 19.8 Å². The van der Waals surface area contributed by atoms with Crippen molar-refractivity contribution in [3.05, 3.63) is 59.3 Å². The van der Waals surface area contributed by atoms with E-state index in [0.29, 0.717) is 61.1 Å². The van der Waals surface area contributed by atoms with Crippen molar-refractivity contribution in [2.24, 2.45) is 0 Å². The molecule has 2 heterocycles. The molecule has 0 radical (unpaired) electrons. The zero-order valence-corrected chi connectivity index (χ0v) is 18.7. The molecule has 4 rings (SSSR count). The highest BCUT2D eigenvalue weighted by Crippen LogP contribution is 2.40. The molecule has 0 unspecified atom stereocenters. The highest BCUT2D eigenvalue weighted by atomic mass is 16.5. The van der Waals surface area contributed by atoms with Crippen LogP contribution in [0.5, 0.6) is 11.5 Å². The molecule has 0 saturated carbocycles. The number of carbonyl (C=O) groups excluding carboxylic acids is 2. The van der Waals surface area contributed by atoms with Crippen LogP contribution in [0.3, 0.4) is 0 Å². The van der Waals surface area contributed by atoms with Gasteiger partial charge in [-0.05, 0) is 49.1 Å². The van der Waals surface area contributed by atoms with Crippen molar-refractivity contribution in [3.8, 4) is 11.5 Å². The number of benzene rings is 2. The van der Waals surface area contributed by atoms with Gasteiger partial charge in [0, 0.05) is 32.0 Å². The molecule has 2 aromatic carbocycles. The minimum Gasteiger partial charge on any atom is -0.493 e. The van der Waals surface area contributed by atoms with Gasteiger partial charge < -0.3 is 19.1 Å². The van der Waals surface area contributed by atoms with Gasteiger partial charge in [-0.3, -0.25) is 14.5 Å². The predicted octanol–water partition coefficient (Wildman–Crippen LogP) is 3.27. The Balaban J connectivity index is 1.78. The second-order valence-electron chi connectivity index (χ2n) is 7.64. The molecule has 2 amide bonds. The van der Waals surface area contributed by atoms with Crippen LogP contribution in [0.15, 0.2) is 48.2 Å². The van der Waals surface area contributed by atoms with Gasteiger partial charge in [0.1, 0.15) is 5.70 Å². The summed E-state index contributed by atoms with van der Waals surface area (Å²) >= 11 is 0. The summed E-state index contributed by atoms with van der Waals surface area (Å²) in [4.78, 5) is 30.4. The zero-order chi connectivity index (χ0) is 22.7. The fraction of sp³-hybridized carbons (Fsp3) is 0.360. The van der Waals surface area contributed by atoms with E-state index in [4.69, 9.17) is 14.2 Å². The number of nitrogens with zero attached hydrogens (tertiary/aromatic N) is 2.